The van der Waals surface area contributed by atoms with E-state index < -0.39 is 0 Å². The van der Waals surface area contributed by atoms with E-state index in [4.69, 9.17) is 12.2 Å². The zero-order valence-electron chi connectivity index (χ0n) is 14.3. The largest absolute Gasteiger partial charge is 0.362 e. The third kappa shape index (κ3) is 3.13. The van der Waals surface area contributed by atoms with Crippen LogP contribution < -0.4 is 10.6 Å². The third-order valence-corrected chi connectivity index (χ3v) is 6.68. The van der Waals surface area contributed by atoms with Gasteiger partial charge in [-0.2, -0.15) is 0 Å². The average molecular weight is 329 g/mol. The number of anilines is 1. The molecule has 3 heteroatoms. The van der Waals surface area contributed by atoms with Gasteiger partial charge in [-0.25, -0.2) is 0 Å². The first-order valence-electron chi connectivity index (χ1n) is 9.13. The van der Waals surface area contributed by atoms with Gasteiger partial charge in [0.25, 0.3) is 0 Å². The van der Waals surface area contributed by atoms with Gasteiger partial charge in [0, 0.05) is 12.2 Å². The Bertz CT molecular complexity index is 587. The molecule has 4 saturated carbocycles. The summed E-state index contributed by atoms with van der Waals surface area (Å²) in [6.07, 6.45) is 8.80. The van der Waals surface area contributed by atoms with E-state index in [1.54, 1.807) is 0 Å². The molecule has 4 aliphatic rings. The molecule has 4 aliphatic carbocycles. The lowest BCUT2D eigenvalue weighted by molar-refractivity contribution is -0.0490. The van der Waals surface area contributed by atoms with E-state index in [1.807, 2.05) is 0 Å². The first-order chi connectivity index (χ1) is 11.0. The van der Waals surface area contributed by atoms with Crippen molar-refractivity contribution in [2.75, 3.05) is 11.9 Å². The van der Waals surface area contributed by atoms with Crippen molar-refractivity contribution in [2.45, 2.75) is 52.4 Å². The fraction of sp³-hybridized carbons (Fsp3) is 0.650. The van der Waals surface area contributed by atoms with Crippen molar-refractivity contribution in [3.05, 3.63) is 29.3 Å². The van der Waals surface area contributed by atoms with Crippen molar-refractivity contribution >= 4 is 23.0 Å². The van der Waals surface area contributed by atoms with Crippen LogP contribution in [-0.2, 0) is 0 Å². The van der Waals surface area contributed by atoms with Gasteiger partial charge in [0.2, 0.25) is 0 Å². The third-order valence-electron chi connectivity index (χ3n) is 6.43. The Kier molecular flexibility index (Phi) is 3.87. The molecule has 4 bridgehead atoms. The van der Waals surface area contributed by atoms with Crippen LogP contribution in [0.2, 0.25) is 0 Å². The number of benzene rings is 1. The van der Waals surface area contributed by atoms with Crippen LogP contribution in [0.3, 0.4) is 0 Å². The molecule has 23 heavy (non-hydrogen) atoms. The minimum atomic E-state index is 0.530. The second kappa shape index (κ2) is 5.77. The van der Waals surface area contributed by atoms with Gasteiger partial charge in [0.05, 0.1) is 0 Å². The summed E-state index contributed by atoms with van der Waals surface area (Å²) in [6.45, 7) is 5.31. The molecule has 0 amide bonds. The topological polar surface area (TPSA) is 24.1 Å². The van der Waals surface area contributed by atoms with E-state index in [0.717, 1.165) is 35.1 Å². The molecule has 1 aromatic carbocycles. The van der Waals surface area contributed by atoms with Crippen molar-refractivity contribution in [2.24, 2.45) is 23.2 Å². The van der Waals surface area contributed by atoms with Gasteiger partial charge in [-0.3, -0.25) is 0 Å². The molecule has 0 saturated heterocycles. The van der Waals surface area contributed by atoms with Gasteiger partial charge >= 0.3 is 0 Å². The minimum absolute atomic E-state index is 0.530. The molecular formula is C20H28N2S. The summed E-state index contributed by atoms with van der Waals surface area (Å²) in [5.74, 6) is 3.01. The second-order valence-corrected chi connectivity index (χ2v) is 8.95. The quantitative estimate of drug-likeness (QED) is 0.779. The molecule has 5 rings (SSSR count). The highest BCUT2D eigenvalue weighted by Gasteiger charge is 2.50. The molecule has 2 nitrogen and oxygen atoms in total. The van der Waals surface area contributed by atoms with Crippen molar-refractivity contribution in [3.8, 4) is 0 Å². The number of rotatable bonds is 3. The fourth-order valence-electron chi connectivity index (χ4n) is 5.81. The van der Waals surface area contributed by atoms with Crippen LogP contribution in [0.5, 0.6) is 0 Å². The Morgan fingerprint density at radius 3 is 2.30 bits per heavy atom. The normalized spacial score (nSPS) is 34.4. The van der Waals surface area contributed by atoms with E-state index >= 15 is 0 Å². The molecule has 0 heterocycles. The van der Waals surface area contributed by atoms with E-state index in [0.29, 0.717) is 5.41 Å². The summed E-state index contributed by atoms with van der Waals surface area (Å²) in [5.41, 5.74) is 4.17. The molecule has 1 aromatic rings. The molecule has 124 valence electrons. The number of aryl methyl sites for hydroxylation is 2. The van der Waals surface area contributed by atoms with Crippen LogP contribution >= 0.6 is 12.2 Å². The van der Waals surface area contributed by atoms with Crippen LogP contribution in [0.1, 0.15) is 49.7 Å². The summed E-state index contributed by atoms with van der Waals surface area (Å²) in [5, 5.41) is 7.75. The van der Waals surface area contributed by atoms with Crippen LogP contribution in [0.15, 0.2) is 18.2 Å². The van der Waals surface area contributed by atoms with Crippen LogP contribution in [0.4, 0.5) is 5.69 Å². The van der Waals surface area contributed by atoms with E-state index in [1.165, 1.54) is 49.7 Å². The van der Waals surface area contributed by atoms with Gasteiger partial charge in [-0.1, -0.05) is 12.1 Å². The molecule has 2 N–H and O–H groups in total. The van der Waals surface area contributed by atoms with E-state index in [9.17, 15) is 0 Å². The van der Waals surface area contributed by atoms with Gasteiger partial charge in [0.15, 0.2) is 5.11 Å². The van der Waals surface area contributed by atoms with E-state index in [-0.39, 0.29) is 0 Å². The highest BCUT2D eigenvalue weighted by atomic mass is 32.1. The zero-order valence-corrected chi connectivity index (χ0v) is 15.1. The number of hydrogen-bond donors (Lipinski definition) is 2. The monoisotopic (exact) mass is 328 g/mol. The minimum Gasteiger partial charge on any atom is -0.362 e. The lowest BCUT2D eigenvalue weighted by Gasteiger charge is -2.57. The molecule has 0 unspecified atom stereocenters. The average Bonchev–Trinajstić information content (AvgIpc) is 2.48. The van der Waals surface area contributed by atoms with Gasteiger partial charge in [0.1, 0.15) is 0 Å². The molecule has 0 aliphatic heterocycles. The molecule has 4 fully saturated rings. The van der Waals surface area contributed by atoms with Crippen LogP contribution in [-0.4, -0.2) is 11.7 Å². The highest BCUT2D eigenvalue weighted by Crippen LogP contribution is 2.59. The van der Waals surface area contributed by atoms with Crippen molar-refractivity contribution in [1.29, 1.82) is 0 Å². The molecule has 0 spiro atoms. The Morgan fingerprint density at radius 2 is 1.70 bits per heavy atom. The molecule has 0 radical (unpaired) electrons. The Labute approximate surface area is 145 Å². The van der Waals surface area contributed by atoms with E-state index in [2.05, 4.69) is 42.7 Å². The summed E-state index contributed by atoms with van der Waals surface area (Å²) in [4.78, 5) is 0. The lowest BCUT2D eigenvalue weighted by Crippen LogP contribution is -2.51. The van der Waals surface area contributed by atoms with Crippen LogP contribution in [0, 0.1) is 37.0 Å². The molecular weight excluding hydrogens is 300 g/mol. The molecule has 0 aromatic heterocycles. The SMILES string of the molecule is Cc1ccc(C)c(NC(=S)NCC23CC4CC(CC(C4)C2)C3)c1. The van der Waals surface area contributed by atoms with Crippen molar-refractivity contribution in [1.82, 2.24) is 5.32 Å². The zero-order chi connectivity index (χ0) is 16.0. The predicted octanol–water partition coefficient (Wildman–Crippen LogP) is 4.81. The summed E-state index contributed by atoms with van der Waals surface area (Å²) >= 11 is 5.57. The Morgan fingerprint density at radius 1 is 1.09 bits per heavy atom. The highest BCUT2D eigenvalue weighted by molar-refractivity contribution is 7.80. The molecule has 0 atom stereocenters. The Hall–Kier alpha value is -1.09. The van der Waals surface area contributed by atoms with Crippen LogP contribution in [0.25, 0.3) is 0 Å². The van der Waals surface area contributed by atoms with Crippen molar-refractivity contribution < 1.29 is 0 Å². The van der Waals surface area contributed by atoms with Gasteiger partial charge in [-0.15, -0.1) is 0 Å². The number of hydrogen-bond acceptors (Lipinski definition) is 1. The summed E-state index contributed by atoms with van der Waals surface area (Å²) < 4.78 is 0. The fourth-order valence-corrected chi connectivity index (χ4v) is 5.99. The Balaban J connectivity index is 1.37. The summed E-state index contributed by atoms with van der Waals surface area (Å²) in [7, 11) is 0. The maximum absolute atomic E-state index is 5.57. The summed E-state index contributed by atoms with van der Waals surface area (Å²) in [6, 6.07) is 6.47. The first kappa shape index (κ1) is 15.4. The van der Waals surface area contributed by atoms with Crippen molar-refractivity contribution in [3.63, 3.8) is 0 Å². The maximum Gasteiger partial charge on any atom is 0.170 e. The standard InChI is InChI=1S/C20H28N2S/c1-13-3-4-14(2)18(5-13)22-19(23)21-12-20-9-15-6-16(10-20)8-17(7-15)11-20/h3-5,15-17H,6-12H2,1-2H3,(H2,21,22,23). The lowest BCUT2D eigenvalue weighted by atomic mass is 9.49. The second-order valence-electron chi connectivity index (χ2n) is 8.54. The van der Waals surface area contributed by atoms with Gasteiger partial charge < -0.3 is 10.6 Å². The van der Waals surface area contributed by atoms with Gasteiger partial charge in [-0.05, 0) is 105 Å². The smallest absolute Gasteiger partial charge is 0.170 e. The number of thiocarbonyl (C=S) groups is 1. The number of nitrogens with one attached hydrogen (secondary N) is 2. The first-order valence-corrected chi connectivity index (χ1v) is 9.54. The predicted molar refractivity (Wildman–Crippen MR) is 101 cm³/mol. The maximum atomic E-state index is 5.57.